The standard InChI is InChI=1S/C14H20BrFN2O/c15-11-8-13(17)14(9-12(11)16)18-6-7-19-10-4-2-1-3-5-10/h8-10,18H,1-7,17H2. The fraction of sp³-hybridized carbons (Fsp3) is 0.571. The zero-order valence-electron chi connectivity index (χ0n) is 10.9. The molecule has 3 N–H and O–H groups in total. The van der Waals surface area contributed by atoms with Crippen molar-refractivity contribution in [3.8, 4) is 0 Å². The normalized spacial score (nSPS) is 16.5. The Bertz CT molecular complexity index is 422. The SMILES string of the molecule is Nc1cc(Br)c(F)cc1NCCOC1CCCCC1. The van der Waals surface area contributed by atoms with Crippen LogP contribution in [0, 0.1) is 5.82 Å². The van der Waals surface area contributed by atoms with E-state index in [1.54, 1.807) is 6.07 Å². The van der Waals surface area contributed by atoms with E-state index in [1.807, 2.05) is 0 Å². The van der Waals surface area contributed by atoms with Gasteiger partial charge in [0.15, 0.2) is 0 Å². The maximum Gasteiger partial charge on any atom is 0.139 e. The maximum atomic E-state index is 13.4. The van der Waals surface area contributed by atoms with E-state index in [-0.39, 0.29) is 5.82 Å². The maximum absolute atomic E-state index is 13.4. The quantitative estimate of drug-likeness (QED) is 0.635. The molecule has 0 spiro atoms. The Balaban J connectivity index is 1.74. The van der Waals surface area contributed by atoms with E-state index in [0.29, 0.717) is 35.1 Å². The number of hydrogen-bond donors (Lipinski definition) is 2. The lowest BCUT2D eigenvalue weighted by molar-refractivity contribution is 0.0347. The van der Waals surface area contributed by atoms with E-state index >= 15 is 0 Å². The van der Waals surface area contributed by atoms with Gasteiger partial charge in [-0.1, -0.05) is 19.3 Å². The summed E-state index contributed by atoms with van der Waals surface area (Å²) in [6, 6.07) is 2.97. The highest BCUT2D eigenvalue weighted by Crippen LogP contribution is 2.26. The van der Waals surface area contributed by atoms with Crippen LogP contribution in [0.4, 0.5) is 15.8 Å². The van der Waals surface area contributed by atoms with E-state index in [9.17, 15) is 4.39 Å². The smallest absolute Gasteiger partial charge is 0.139 e. The Hall–Kier alpha value is -0.810. The molecule has 3 nitrogen and oxygen atoms in total. The monoisotopic (exact) mass is 330 g/mol. The van der Waals surface area contributed by atoms with Crippen LogP contribution in [0.2, 0.25) is 0 Å². The van der Waals surface area contributed by atoms with Gasteiger partial charge < -0.3 is 15.8 Å². The highest BCUT2D eigenvalue weighted by atomic mass is 79.9. The van der Waals surface area contributed by atoms with Crippen LogP contribution in [0.15, 0.2) is 16.6 Å². The first-order valence-electron chi connectivity index (χ1n) is 6.77. The molecule has 1 aliphatic rings. The minimum absolute atomic E-state index is 0.315. The zero-order valence-corrected chi connectivity index (χ0v) is 12.5. The molecule has 2 rings (SSSR count). The number of halogens is 2. The lowest BCUT2D eigenvalue weighted by atomic mass is 9.98. The first-order valence-corrected chi connectivity index (χ1v) is 7.56. The summed E-state index contributed by atoms with van der Waals surface area (Å²) in [4.78, 5) is 0. The van der Waals surface area contributed by atoms with Crippen LogP contribution in [-0.4, -0.2) is 19.3 Å². The summed E-state index contributed by atoms with van der Waals surface area (Å²) >= 11 is 3.11. The van der Waals surface area contributed by atoms with Crippen LogP contribution in [0.5, 0.6) is 0 Å². The first-order chi connectivity index (χ1) is 9.16. The molecule has 1 aromatic carbocycles. The van der Waals surface area contributed by atoms with Gasteiger partial charge in [-0.05, 0) is 34.8 Å². The lowest BCUT2D eigenvalue weighted by Crippen LogP contribution is -2.20. The van der Waals surface area contributed by atoms with Crippen LogP contribution >= 0.6 is 15.9 Å². The Morgan fingerprint density at radius 1 is 1.32 bits per heavy atom. The van der Waals surface area contributed by atoms with Crippen molar-refractivity contribution in [3.63, 3.8) is 0 Å². The average Bonchev–Trinajstić information content (AvgIpc) is 2.41. The Morgan fingerprint density at radius 3 is 2.79 bits per heavy atom. The molecular formula is C14H20BrFN2O. The second-order valence-electron chi connectivity index (χ2n) is 4.91. The van der Waals surface area contributed by atoms with Crippen molar-refractivity contribution in [2.75, 3.05) is 24.2 Å². The summed E-state index contributed by atoms with van der Waals surface area (Å²) in [7, 11) is 0. The van der Waals surface area contributed by atoms with Crippen molar-refractivity contribution < 1.29 is 9.13 Å². The molecule has 0 bridgehead atoms. The number of rotatable bonds is 5. The van der Waals surface area contributed by atoms with Crippen LogP contribution < -0.4 is 11.1 Å². The molecule has 1 aliphatic carbocycles. The average molecular weight is 331 g/mol. The van der Waals surface area contributed by atoms with Crippen molar-refractivity contribution in [3.05, 3.63) is 22.4 Å². The molecule has 0 saturated heterocycles. The summed E-state index contributed by atoms with van der Waals surface area (Å²) in [6.07, 6.45) is 6.58. The van der Waals surface area contributed by atoms with Gasteiger partial charge in [0.25, 0.3) is 0 Å². The third-order valence-electron chi connectivity index (χ3n) is 3.42. The van der Waals surface area contributed by atoms with E-state index in [0.717, 1.165) is 12.8 Å². The summed E-state index contributed by atoms with van der Waals surface area (Å²) in [6.45, 7) is 1.27. The summed E-state index contributed by atoms with van der Waals surface area (Å²) in [5.74, 6) is -0.315. The molecule has 0 radical (unpaired) electrons. The van der Waals surface area contributed by atoms with Crippen molar-refractivity contribution in [2.24, 2.45) is 0 Å². The van der Waals surface area contributed by atoms with Crippen LogP contribution in [-0.2, 0) is 4.74 Å². The number of ether oxygens (including phenoxy) is 1. The highest BCUT2D eigenvalue weighted by Gasteiger charge is 2.13. The van der Waals surface area contributed by atoms with Gasteiger partial charge in [0, 0.05) is 12.6 Å². The first kappa shape index (κ1) is 14.6. The Labute approximate surface area is 121 Å². The molecule has 0 aromatic heterocycles. The molecular weight excluding hydrogens is 311 g/mol. The second kappa shape index (κ2) is 7.10. The van der Waals surface area contributed by atoms with Gasteiger partial charge in [0.2, 0.25) is 0 Å². The number of anilines is 2. The van der Waals surface area contributed by atoms with Crippen LogP contribution in [0.25, 0.3) is 0 Å². The number of nitrogen functional groups attached to an aromatic ring is 1. The van der Waals surface area contributed by atoms with Gasteiger partial charge in [-0.3, -0.25) is 0 Å². The van der Waals surface area contributed by atoms with Gasteiger partial charge in [0.1, 0.15) is 5.82 Å². The predicted molar refractivity (Wildman–Crippen MR) is 79.8 cm³/mol. The molecule has 1 saturated carbocycles. The van der Waals surface area contributed by atoms with Crippen molar-refractivity contribution in [2.45, 2.75) is 38.2 Å². The van der Waals surface area contributed by atoms with Gasteiger partial charge in [0.05, 0.1) is 28.6 Å². The summed E-state index contributed by atoms with van der Waals surface area (Å²) in [5, 5.41) is 3.11. The molecule has 0 heterocycles. The molecule has 106 valence electrons. The highest BCUT2D eigenvalue weighted by molar-refractivity contribution is 9.10. The second-order valence-corrected chi connectivity index (χ2v) is 5.77. The van der Waals surface area contributed by atoms with Gasteiger partial charge in [-0.15, -0.1) is 0 Å². The molecule has 19 heavy (non-hydrogen) atoms. The molecule has 0 aliphatic heterocycles. The van der Waals surface area contributed by atoms with Crippen LogP contribution in [0.3, 0.4) is 0 Å². The van der Waals surface area contributed by atoms with E-state index in [1.165, 1.54) is 25.3 Å². The zero-order chi connectivity index (χ0) is 13.7. The topological polar surface area (TPSA) is 47.3 Å². The van der Waals surface area contributed by atoms with Gasteiger partial charge >= 0.3 is 0 Å². The molecule has 0 atom stereocenters. The van der Waals surface area contributed by atoms with Gasteiger partial charge in [-0.25, -0.2) is 4.39 Å². The van der Waals surface area contributed by atoms with Crippen molar-refractivity contribution >= 4 is 27.3 Å². The number of hydrogen-bond acceptors (Lipinski definition) is 3. The molecule has 1 aromatic rings. The fourth-order valence-corrected chi connectivity index (χ4v) is 2.72. The van der Waals surface area contributed by atoms with E-state index < -0.39 is 0 Å². The Kier molecular flexibility index (Phi) is 5.45. The predicted octanol–water partition coefficient (Wildman–Crippen LogP) is 3.93. The van der Waals surface area contributed by atoms with E-state index in [4.69, 9.17) is 10.5 Å². The molecule has 5 heteroatoms. The van der Waals surface area contributed by atoms with Crippen LogP contribution in [0.1, 0.15) is 32.1 Å². The molecule has 1 fully saturated rings. The van der Waals surface area contributed by atoms with E-state index in [2.05, 4.69) is 21.2 Å². The minimum atomic E-state index is -0.315. The molecule has 0 unspecified atom stereocenters. The summed E-state index contributed by atoms with van der Waals surface area (Å²) in [5.41, 5.74) is 6.97. The number of nitrogens with two attached hydrogens (primary N) is 1. The van der Waals surface area contributed by atoms with Crippen molar-refractivity contribution in [1.29, 1.82) is 0 Å². The largest absolute Gasteiger partial charge is 0.397 e. The van der Waals surface area contributed by atoms with Crippen molar-refractivity contribution in [1.82, 2.24) is 0 Å². The lowest BCUT2D eigenvalue weighted by Gasteiger charge is -2.22. The summed E-state index contributed by atoms with van der Waals surface area (Å²) < 4.78 is 19.6. The number of benzene rings is 1. The Morgan fingerprint density at radius 2 is 2.05 bits per heavy atom. The number of nitrogens with one attached hydrogen (secondary N) is 1. The van der Waals surface area contributed by atoms with Gasteiger partial charge in [-0.2, -0.15) is 0 Å². The minimum Gasteiger partial charge on any atom is -0.397 e. The third-order valence-corrected chi connectivity index (χ3v) is 4.02. The third kappa shape index (κ3) is 4.35. The fourth-order valence-electron chi connectivity index (χ4n) is 2.36. The molecule has 0 amide bonds.